The van der Waals surface area contributed by atoms with Crippen molar-refractivity contribution in [2.75, 3.05) is 7.05 Å². The van der Waals surface area contributed by atoms with Crippen LogP contribution in [0.25, 0.3) is 0 Å². The van der Waals surface area contributed by atoms with Crippen molar-refractivity contribution < 1.29 is 13.2 Å². The van der Waals surface area contributed by atoms with Crippen LogP contribution in [0.3, 0.4) is 0 Å². The smallest absolute Gasteiger partial charge is 0.316 e. The van der Waals surface area contributed by atoms with E-state index in [1.54, 1.807) is 19.2 Å². The number of nitrogens with one attached hydrogen (secondary N) is 1. The molecule has 0 heterocycles. The van der Waals surface area contributed by atoms with Crippen LogP contribution < -0.4 is 5.32 Å². The first-order valence-electron chi connectivity index (χ1n) is 5.42. The molecule has 1 rings (SSSR count). The Morgan fingerprint density at radius 3 is 2.53 bits per heavy atom. The first-order valence-corrected chi connectivity index (χ1v) is 5.42. The molecule has 1 unspecified atom stereocenters. The summed E-state index contributed by atoms with van der Waals surface area (Å²) in [5.41, 5.74) is -0.231. The number of rotatable bonds is 5. The Hall–Kier alpha value is -1.29. The highest BCUT2D eigenvalue weighted by molar-refractivity contribution is 5.30. The highest BCUT2D eigenvalue weighted by Crippen LogP contribution is 2.32. The monoisotopic (exact) mass is 243 g/mol. The number of halogens is 3. The van der Waals surface area contributed by atoms with Gasteiger partial charge < -0.3 is 5.32 Å². The molecule has 0 aliphatic heterocycles. The van der Waals surface area contributed by atoms with Gasteiger partial charge in [0.2, 0.25) is 0 Å². The van der Waals surface area contributed by atoms with Crippen LogP contribution in [0.4, 0.5) is 13.2 Å². The Balaban J connectivity index is 2.93. The van der Waals surface area contributed by atoms with Gasteiger partial charge in [-0.3, -0.25) is 0 Å². The van der Waals surface area contributed by atoms with Gasteiger partial charge in [0.15, 0.2) is 0 Å². The SMILES string of the molecule is C=CCC(Cc1ccccc1C(F)(F)F)NC. The van der Waals surface area contributed by atoms with Crippen LogP contribution in [-0.2, 0) is 12.6 Å². The summed E-state index contributed by atoms with van der Waals surface area (Å²) in [7, 11) is 1.74. The minimum Gasteiger partial charge on any atom is -0.316 e. The highest BCUT2D eigenvalue weighted by Gasteiger charge is 2.33. The fourth-order valence-electron chi connectivity index (χ4n) is 1.74. The van der Waals surface area contributed by atoms with Gasteiger partial charge >= 0.3 is 6.18 Å². The fourth-order valence-corrected chi connectivity index (χ4v) is 1.74. The normalized spacial score (nSPS) is 13.4. The van der Waals surface area contributed by atoms with Gasteiger partial charge in [-0.05, 0) is 31.5 Å². The summed E-state index contributed by atoms with van der Waals surface area (Å²) < 4.78 is 38.2. The zero-order chi connectivity index (χ0) is 12.9. The molecule has 94 valence electrons. The largest absolute Gasteiger partial charge is 0.416 e. The van der Waals surface area contributed by atoms with Crippen LogP contribution in [-0.4, -0.2) is 13.1 Å². The van der Waals surface area contributed by atoms with Crippen molar-refractivity contribution >= 4 is 0 Å². The average Bonchev–Trinajstić information content (AvgIpc) is 2.27. The summed E-state index contributed by atoms with van der Waals surface area (Å²) in [5.74, 6) is 0. The minimum absolute atomic E-state index is 0.0176. The standard InChI is InChI=1S/C13H16F3N/c1-3-6-11(17-2)9-10-7-4-5-8-12(10)13(14,15)16/h3-5,7-8,11,17H,1,6,9H2,2H3. The molecule has 0 aliphatic rings. The van der Waals surface area contributed by atoms with Crippen molar-refractivity contribution in [3.63, 3.8) is 0 Å². The third-order valence-electron chi connectivity index (χ3n) is 2.65. The molecule has 0 fully saturated rings. The lowest BCUT2D eigenvalue weighted by Crippen LogP contribution is -2.28. The lowest BCUT2D eigenvalue weighted by atomic mass is 9.98. The van der Waals surface area contributed by atoms with E-state index in [4.69, 9.17) is 0 Å². The van der Waals surface area contributed by atoms with Gasteiger partial charge in [-0.25, -0.2) is 0 Å². The van der Waals surface area contributed by atoms with E-state index >= 15 is 0 Å². The Labute approximate surface area is 99.3 Å². The topological polar surface area (TPSA) is 12.0 Å². The van der Waals surface area contributed by atoms with Crippen LogP contribution in [0.5, 0.6) is 0 Å². The molecule has 1 aromatic carbocycles. The first kappa shape index (κ1) is 13.8. The molecular formula is C13H16F3N. The molecule has 1 aromatic rings. The van der Waals surface area contributed by atoms with Crippen molar-refractivity contribution in [3.8, 4) is 0 Å². The van der Waals surface area contributed by atoms with Gasteiger partial charge in [-0.15, -0.1) is 6.58 Å². The molecule has 0 radical (unpaired) electrons. The van der Waals surface area contributed by atoms with E-state index in [1.165, 1.54) is 12.1 Å². The number of likely N-dealkylation sites (N-methyl/N-ethyl adjacent to an activating group) is 1. The molecule has 1 N–H and O–H groups in total. The Morgan fingerprint density at radius 2 is 2.00 bits per heavy atom. The van der Waals surface area contributed by atoms with E-state index in [2.05, 4.69) is 11.9 Å². The number of benzene rings is 1. The summed E-state index contributed by atoms with van der Waals surface area (Å²) in [6.45, 7) is 3.60. The summed E-state index contributed by atoms with van der Waals surface area (Å²) in [6, 6.07) is 5.67. The van der Waals surface area contributed by atoms with Crippen LogP contribution in [0.1, 0.15) is 17.5 Å². The van der Waals surface area contributed by atoms with Crippen molar-refractivity contribution in [3.05, 3.63) is 48.0 Å². The zero-order valence-electron chi connectivity index (χ0n) is 9.72. The van der Waals surface area contributed by atoms with E-state index in [9.17, 15) is 13.2 Å². The number of hydrogen-bond donors (Lipinski definition) is 1. The van der Waals surface area contributed by atoms with E-state index < -0.39 is 11.7 Å². The fraction of sp³-hybridized carbons (Fsp3) is 0.385. The Kier molecular flexibility index (Phi) is 4.75. The molecule has 0 spiro atoms. The second-order valence-electron chi connectivity index (χ2n) is 3.87. The lowest BCUT2D eigenvalue weighted by Gasteiger charge is -2.18. The second kappa shape index (κ2) is 5.87. The summed E-state index contributed by atoms with van der Waals surface area (Å²) >= 11 is 0. The summed E-state index contributed by atoms with van der Waals surface area (Å²) in [6.07, 6.45) is -1.60. The molecule has 4 heteroatoms. The van der Waals surface area contributed by atoms with Crippen molar-refractivity contribution in [1.82, 2.24) is 5.32 Å². The summed E-state index contributed by atoms with van der Waals surface area (Å²) in [5, 5.41) is 2.99. The minimum atomic E-state index is -4.29. The maximum absolute atomic E-state index is 12.7. The van der Waals surface area contributed by atoms with Crippen LogP contribution >= 0.6 is 0 Å². The second-order valence-corrected chi connectivity index (χ2v) is 3.87. The van der Waals surface area contributed by atoms with E-state index in [0.717, 1.165) is 6.07 Å². The van der Waals surface area contributed by atoms with Gasteiger partial charge in [-0.1, -0.05) is 24.3 Å². The molecule has 1 atom stereocenters. The lowest BCUT2D eigenvalue weighted by molar-refractivity contribution is -0.138. The van der Waals surface area contributed by atoms with E-state index in [1.807, 2.05) is 0 Å². The molecule has 0 amide bonds. The molecule has 0 aromatic heterocycles. The third-order valence-corrected chi connectivity index (χ3v) is 2.65. The Morgan fingerprint density at radius 1 is 1.35 bits per heavy atom. The molecule has 17 heavy (non-hydrogen) atoms. The molecule has 0 aliphatic carbocycles. The predicted octanol–water partition coefficient (Wildman–Crippen LogP) is 3.41. The maximum Gasteiger partial charge on any atom is 0.416 e. The van der Waals surface area contributed by atoms with Crippen LogP contribution in [0.15, 0.2) is 36.9 Å². The van der Waals surface area contributed by atoms with Crippen molar-refractivity contribution in [2.24, 2.45) is 0 Å². The quantitative estimate of drug-likeness (QED) is 0.781. The van der Waals surface area contributed by atoms with Gasteiger partial charge in [0.05, 0.1) is 5.56 Å². The molecule has 0 saturated heterocycles. The summed E-state index contributed by atoms with van der Waals surface area (Å²) in [4.78, 5) is 0. The zero-order valence-corrected chi connectivity index (χ0v) is 9.72. The maximum atomic E-state index is 12.7. The van der Waals surface area contributed by atoms with Crippen molar-refractivity contribution in [1.29, 1.82) is 0 Å². The van der Waals surface area contributed by atoms with Crippen LogP contribution in [0, 0.1) is 0 Å². The molecule has 0 bridgehead atoms. The number of alkyl halides is 3. The Bertz CT molecular complexity index is 371. The first-order chi connectivity index (χ1) is 7.99. The number of hydrogen-bond acceptors (Lipinski definition) is 1. The third kappa shape index (κ3) is 3.89. The van der Waals surface area contributed by atoms with Crippen molar-refractivity contribution in [2.45, 2.75) is 25.1 Å². The molecular weight excluding hydrogens is 227 g/mol. The predicted molar refractivity (Wildman–Crippen MR) is 62.8 cm³/mol. The average molecular weight is 243 g/mol. The van der Waals surface area contributed by atoms with Gasteiger partial charge in [0.25, 0.3) is 0 Å². The molecule has 1 nitrogen and oxygen atoms in total. The van der Waals surface area contributed by atoms with Crippen LogP contribution in [0.2, 0.25) is 0 Å². The molecule has 0 saturated carbocycles. The van der Waals surface area contributed by atoms with Gasteiger partial charge in [0.1, 0.15) is 0 Å². The van der Waals surface area contributed by atoms with Gasteiger partial charge in [-0.2, -0.15) is 13.2 Å². The van der Waals surface area contributed by atoms with E-state index in [0.29, 0.717) is 18.4 Å². The van der Waals surface area contributed by atoms with Gasteiger partial charge in [0, 0.05) is 6.04 Å². The van der Waals surface area contributed by atoms with E-state index in [-0.39, 0.29) is 6.04 Å². The highest BCUT2D eigenvalue weighted by atomic mass is 19.4.